The van der Waals surface area contributed by atoms with Crippen LogP contribution in [-0.4, -0.2) is 29.8 Å². The third kappa shape index (κ3) is 2.82. The number of rotatable bonds is 5. The van der Waals surface area contributed by atoms with Crippen molar-refractivity contribution in [1.29, 1.82) is 0 Å². The molecule has 0 amide bonds. The van der Waals surface area contributed by atoms with Crippen LogP contribution in [0.4, 0.5) is 5.69 Å². The lowest BCUT2D eigenvalue weighted by Crippen LogP contribution is -2.54. The van der Waals surface area contributed by atoms with Crippen LogP contribution in [0.15, 0.2) is 24.3 Å². The molecule has 0 bridgehead atoms. The molecule has 1 aromatic rings. The third-order valence-corrected chi connectivity index (χ3v) is 4.24. The number of allylic oxidation sites excluding steroid dienone is 1. The first-order valence-electron chi connectivity index (χ1n) is 7.71. The van der Waals surface area contributed by atoms with Gasteiger partial charge in [0.25, 0.3) is 0 Å². The zero-order valence-corrected chi connectivity index (χ0v) is 14.0. The zero-order chi connectivity index (χ0) is 16.5. The number of carbonyl (C=O) groups is 1. The Morgan fingerprint density at radius 1 is 1.41 bits per heavy atom. The van der Waals surface area contributed by atoms with E-state index >= 15 is 0 Å². The maximum absolute atomic E-state index is 11.8. The van der Waals surface area contributed by atoms with Crippen LogP contribution in [0, 0.1) is 0 Å². The largest absolute Gasteiger partial charge is 0.497 e. The molecule has 0 radical (unpaired) electrons. The summed E-state index contributed by atoms with van der Waals surface area (Å²) in [5, 5.41) is 9.71. The Balaban J connectivity index is 2.63. The summed E-state index contributed by atoms with van der Waals surface area (Å²) in [4.78, 5) is 13.8. The second-order valence-electron chi connectivity index (χ2n) is 6.38. The Morgan fingerprint density at radius 2 is 2.09 bits per heavy atom. The fourth-order valence-electron chi connectivity index (χ4n) is 3.36. The maximum Gasteiger partial charge on any atom is 0.326 e. The van der Waals surface area contributed by atoms with Gasteiger partial charge in [-0.15, -0.1) is 0 Å². The Kier molecular flexibility index (Phi) is 4.50. The lowest BCUT2D eigenvalue weighted by Gasteiger charge is -2.46. The molecular weight excluding hydrogens is 278 g/mol. The van der Waals surface area contributed by atoms with Crippen molar-refractivity contribution in [3.05, 3.63) is 29.8 Å². The minimum atomic E-state index is -0.781. The predicted molar refractivity (Wildman–Crippen MR) is 89.5 cm³/mol. The molecule has 2 rings (SSSR count). The van der Waals surface area contributed by atoms with E-state index in [9.17, 15) is 9.90 Å². The summed E-state index contributed by atoms with van der Waals surface area (Å²) in [5.74, 6) is -0.0356. The first kappa shape index (κ1) is 16.4. The fourth-order valence-corrected chi connectivity index (χ4v) is 3.36. The Labute approximate surface area is 132 Å². The molecule has 0 saturated carbocycles. The van der Waals surface area contributed by atoms with Gasteiger partial charge >= 0.3 is 5.97 Å². The molecule has 22 heavy (non-hydrogen) atoms. The smallest absolute Gasteiger partial charge is 0.326 e. The second kappa shape index (κ2) is 6.03. The van der Waals surface area contributed by atoms with E-state index in [1.54, 1.807) is 7.11 Å². The van der Waals surface area contributed by atoms with Crippen molar-refractivity contribution in [3.63, 3.8) is 0 Å². The molecule has 1 aliphatic heterocycles. The lowest BCUT2D eigenvalue weighted by molar-refractivity contribution is -0.139. The van der Waals surface area contributed by atoms with E-state index in [4.69, 9.17) is 4.74 Å². The topological polar surface area (TPSA) is 49.8 Å². The predicted octanol–water partition coefficient (Wildman–Crippen LogP) is 3.95. The van der Waals surface area contributed by atoms with Crippen LogP contribution in [0.2, 0.25) is 0 Å². The number of methoxy groups -OCH3 is 1. The summed E-state index contributed by atoms with van der Waals surface area (Å²) >= 11 is 0. The van der Waals surface area contributed by atoms with Gasteiger partial charge in [-0.2, -0.15) is 0 Å². The van der Waals surface area contributed by atoms with E-state index in [1.165, 1.54) is 5.57 Å². The summed E-state index contributed by atoms with van der Waals surface area (Å²) < 4.78 is 5.34. The summed E-state index contributed by atoms with van der Waals surface area (Å²) in [6.07, 6.45) is 3.58. The zero-order valence-electron chi connectivity index (χ0n) is 14.0. The number of benzene rings is 1. The highest BCUT2D eigenvalue weighted by atomic mass is 16.5. The highest BCUT2D eigenvalue weighted by molar-refractivity contribution is 5.87. The molecule has 0 aromatic heterocycles. The number of hydrogen-bond acceptors (Lipinski definition) is 3. The van der Waals surface area contributed by atoms with Crippen LogP contribution < -0.4 is 9.64 Å². The fraction of sp³-hybridized carbons (Fsp3) is 0.500. The van der Waals surface area contributed by atoms with Crippen molar-refractivity contribution in [2.75, 3.05) is 12.0 Å². The van der Waals surface area contributed by atoms with Gasteiger partial charge in [-0.3, -0.25) is 0 Å². The van der Waals surface area contributed by atoms with E-state index in [0.717, 1.165) is 23.4 Å². The van der Waals surface area contributed by atoms with E-state index in [2.05, 4.69) is 26.8 Å². The highest BCUT2D eigenvalue weighted by Gasteiger charge is 2.39. The highest BCUT2D eigenvalue weighted by Crippen LogP contribution is 2.42. The Morgan fingerprint density at radius 3 is 2.64 bits per heavy atom. The molecule has 1 heterocycles. The summed E-state index contributed by atoms with van der Waals surface area (Å²) in [6.45, 7) is 8.20. The van der Waals surface area contributed by atoms with Crippen LogP contribution in [0.5, 0.6) is 5.75 Å². The van der Waals surface area contributed by atoms with Gasteiger partial charge in [-0.25, -0.2) is 4.79 Å². The van der Waals surface area contributed by atoms with Crippen LogP contribution >= 0.6 is 0 Å². The molecule has 1 atom stereocenters. The minimum absolute atomic E-state index is 0.359. The normalized spacial score (nSPS) is 17.5. The third-order valence-electron chi connectivity index (χ3n) is 4.24. The van der Waals surface area contributed by atoms with E-state index in [-0.39, 0.29) is 5.54 Å². The van der Waals surface area contributed by atoms with Crippen LogP contribution in [0.1, 0.15) is 46.1 Å². The molecule has 4 nitrogen and oxygen atoms in total. The van der Waals surface area contributed by atoms with E-state index in [0.29, 0.717) is 6.42 Å². The molecule has 1 N–H and O–H groups in total. The van der Waals surface area contributed by atoms with E-state index < -0.39 is 12.0 Å². The van der Waals surface area contributed by atoms with E-state index in [1.807, 2.05) is 30.0 Å². The average Bonchev–Trinajstić information content (AvgIpc) is 2.44. The van der Waals surface area contributed by atoms with Crippen molar-refractivity contribution >= 4 is 17.2 Å². The minimum Gasteiger partial charge on any atom is -0.497 e. The number of fused-ring (bicyclic) bond motifs is 1. The van der Waals surface area contributed by atoms with Gasteiger partial charge in [0.2, 0.25) is 0 Å². The van der Waals surface area contributed by atoms with Gasteiger partial charge in [0.05, 0.1) is 12.6 Å². The number of nitrogens with zero attached hydrogens (tertiary/aromatic N) is 1. The number of carboxylic acid groups (broad SMARTS) is 1. The molecule has 1 aromatic carbocycles. The summed E-state index contributed by atoms with van der Waals surface area (Å²) in [5.41, 5.74) is 2.81. The number of aliphatic carboxylic acids is 1. The quantitative estimate of drug-likeness (QED) is 0.895. The molecule has 0 aliphatic carbocycles. The molecule has 120 valence electrons. The standard InChI is InChI=1S/C18H25NO3/c1-6-7-15(17(20)21)19-16-10-13(22-5)8-9-14(16)12(2)11-18(19,3)4/h8-11,15H,6-7H2,1-5H3,(H,20,21)/t15-/m0/s1. The molecule has 1 aliphatic rings. The van der Waals surface area contributed by atoms with Gasteiger partial charge in [-0.1, -0.05) is 19.4 Å². The summed E-state index contributed by atoms with van der Waals surface area (Å²) in [6, 6.07) is 5.32. The van der Waals surface area contributed by atoms with Gasteiger partial charge in [0.15, 0.2) is 0 Å². The molecule has 0 unspecified atom stereocenters. The van der Waals surface area contributed by atoms with Crippen molar-refractivity contribution in [2.45, 2.75) is 52.1 Å². The van der Waals surface area contributed by atoms with Gasteiger partial charge in [0.1, 0.15) is 11.8 Å². The number of hydrogen-bond donors (Lipinski definition) is 1. The molecule has 0 spiro atoms. The van der Waals surface area contributed by atoms with Gasteiger partial charge in [-0.05, 0) is 44.9 Å². The van der Waals surface area contributed by atoms with Crippen molar-refractivity contribution in [2.24, 2.45) is 0 Å². The SMILES string of the molecule is CCC[C@@H](C(=O)O)N1c2cc(OC)ccc2C(C)=CC1(C)C. The summed E-state index contributed by atoms with van der Waals surface area (Å²) in [7, 11) is 1.63. The van der Waals surface area contributed by atoms with Crippen molar-refractivity contribution in [1.82, 2.24) is 0 Å². The molecule has 0 saturated heterocycles. The molecule has 0 fully saturated rings. The Hall–Kier alpha value is -1.97. The Bertz CT molecular complexity index is 604. The van der Waals surface area contributed by atoms with Crippen LogP contribution in [0.25, 0.3) is 5.57 Å². The van der Waals surface area contributed by atoms with Gasteiger partial charge in [0, 0.05) is 17.3 Å². The van der Waals surface area contributed by atoms with Crippen molar-refractivity contribution in [3.8, 4) is 5.75 Å². The second-order valence-corrected chi connectivity index (χ2v) is 6.38. The van der Waals surface area contributed by atoms with Crippen LogP contribution in [-0.2, 0) is 4.79 Å². The van der Waals surface area contributed by atoms with Crippen molar-refractivity contribution < 1.29 is 14.6 Å². The van der Waals surface area contributed by atoms with Crippen LogP contribution in [0.3, 0.4) is 0 Å². The molecule has 4 heteroatoms. The first-order valence-corrected chi connectivity index (χ1v) is 7.71. The monoisotopic (exact) mass is 303 g/mol. The number of ether oxygens (including phenoxy) is 1. The molecular formula is C18H25NO3. The number of anilines is 1. The van der Waals surface area contributed by atoms with Gasteiger partial charge < -0.3 is 14.7 Å². The first-order chi connectivity index (χ1) is 10.3. The maximum atomic E-state index is 11.8. The lowest BCUT2D eigenvalue weighted by atomic mass is 9.86. The number of carboxylic acids is 1. The average molecular weight is 303 g/mol.